The number of aromatic nitrogens is 5. The van der Waals surface area contributed by atoms with Crippen molar-refractivity contribution in [2.24, 2.45) is 0 Å². The molecule has 13 nitrogen and oxygen atoms in total. The normalized spacial score (nSPS) is 11.2. The average Bonchev–Trinajstić information content (AvgIpc) is 3.78. The van der Waals surface area contributed by atoms with Crippen LogP contribution in [0.4, 0.5) is 0 Å². The lowest BCUT2D eigenvalue weighted by atomic mass is 9.84. The molecule has 0 amide bonds. The van der Waals surface area contributed by atoms with Gasteiger partial charge in [0.25, 0.3) is 11.1 Å². The van der Waals surface area contributed by atoms with Crippen LogP contribution in [0.3, 0.4) is 0 Å². The number of methoxy groups -OCH3 is 4. The van der Waals surface area contributed by atoms with E-state index in [4.69, 9.17) is 18.9 Å². The fraction of sp³-hybridized carbons (Fsp3) is 0.152. The summed E-state index contributed by atoms with van der Waals surface area (Å²) >= 11 is 0. The van der Waals surface area contributed by atoms with E-state index in [-0.39, 0.29) is 22.5 Å². The summed E-state index contributed by atoms with van der Waals surface area (Å²) in [4.78, 5) is 58.7. The molecule has 234 valence electrons. The molecular formula is C33H29N5O8. The number of ether oxygens (including phenoxy) is 4. The molecule has 6 aromatic rings. The van der Waals surface area contributed by atoms with Crippen molar-refractivity contribution in [3.05, 3.63) is 128 Å². The number of para-hydroxylation sites is 1. The van der Waals surface area contributed by atoms with E-state index in [1.54, 1.807) is 60.8 Å². The molecule has 0 saturated heterocycles. The third kappa shape index (κ3) is 4.93. The number of hydrogen-bond acceptors (Lipinski definition) is 8. The molecule has 3 aromatic carbocycles. The number of H-pyrrole nitrogens is 3. The SMILES string of the molecule is COC(=O)c1[nH]n(-c2ccc(OC)cc2)c(=O)c1C(c1c(C(=O)OC)[nH]n(-c2ccc(OC)cc2)c1=O)c1c[nH]c2ccccc12. The van der Waals surface area contributed by atoms with Gasteiger partial charge in [-0.05, 0) is 60.2 Å². The molecule has 46 heavy (non-hydrogen) atoms. The predicted octanol–water partition coefficient (Wildman–Crippen LogP) is 3.90. The Hall–Kier alpha value is -6.24. The lowest BCUT2D eigenvalue weighted by Gasteiger charge is -2.15. The number of benzene rings is 3. The minimum Gasteiger partial charge on any atom is -0.497 e. The summed E-state index contributed by atoms with van der Waals surface area (Å²) in [6.45, 7) is 0. The molecule has 6 rings (SSSR count). The number of aromatic amines is 3. The largest absolute Gasteiger partial charge is 0.497 e. The van der Waals surface area contributed by atoms with Gasteiger partial charge in [0.1, 0.15) is 11.5 Å². The summed E-state index contributed by atoms with van der Waals surface area (Å²) in [7, 11) is 5.40. The Balaban J connectivity index is 1.70. The van der Waals surface area contributed by atoms with E-state index >= 15 is 0 Å². The second kappa shape index (κ2) is 12.0. The first-order chi connectivity index (χ1) is 22.3. The van der Waals surface area contributed by atoms with E-state index in [0.717, 1.165) is 0 Å². The van der Waals surface area contributed by atoms with Crippen LogP contribution in [0.15, 0.2) is 88.6 Å². The van der Waals surface area contributed by atoms with Crippen LogP contribution in [0.5, 0.6) is 11.5 Å². The molecule has 3 heterocycles. The van der Waals surface area contributed by atoms with E-state index in [2.05, 4.69) is 15.2 Å². The van der Waals surface area contributed by atoms with E-state index in [9.17, 15) is 19.2 Å². The highest BCUT2D eigenvalue weighted by Gasteiger charge is 2.38. The zero-order valence-electron chi connectivity index (χ0n) is 25.2. The van der Waals surface area contributed by atoms with Crippen LogP contribution in [-0.4, -0.2) is 64.9 Å². The number of hydrogen-bond donors (Lipinski definition) is 3. The van der Waals surface area contributed by atoms with Gasteiger partial charge >= 0.3 is 11.9 Å². The van der Waals surface area contributed by atoms with Gasteiger partial charge in [-0.3, -0.25) is 19.8 Å². The highest BCUT2D eigenvalue weighted by atomic mass is 16.5. The van der Waals surface area contributed by atoms with Crippen molar-refractivity contribution in [3.63, 3.8) is 0 Å². The second-order valence-corrected chi connectivity index (χ2v) is 10.2. The van der Waals surface area contributed by atoms with Gasteiger partial charge in [-0.2, -0.15) is 0 Å². The van der Waals surface area contributed by atoms with Crippen LogP contribution >= 0.6 is 0 Å². The Morgan fingerprint density at radius 3 is 1.54 bits per heavy atom. The number of nitrogens with one attached hydrogen (secondary N) is 3. The summed E-state index contributed by atoms with van der Waals surface area (Å²) in [5, 5.41) is 6.41. The zero-order valence-corrected chi connectivity index (χ0v) is 25.2. The van der Waals surface area contributed by atoms with Gasteiger partial charge in [-0.1, -0.05) is 18.2 Å². The molecule has 0 aliphatic rings. The number of fused-ring (bicyclic) bond motifs is 1. The van der Waals surface area contributed by atoms with Crippen molar-refractivity contribution in [2.75, 3.05) is 28.4 Å². The van der Waals surface area contributed by atoms with Crippen LogP contribution in [0.1, 0.15) is 43.6 Å². The Labute approximate surface area is 260 Å². The Morgan fingerprint density at radius 2 is 1.11 bits per heavy atom. The summed E-state index contributed by atoms with van der Waals surface area (Å²) in [5.41, 5.74) is 0.0147. The van der Waals surface area contributed by atoms with Crippen LogP contribution in [0.2, 0.25) is 0 Å². The monoisotopic (exact) mass is 623 g/mol. The van der Waals surface area contributed by atoms with Crippen molar-refractivity contribution >= 4 is 22.8 Å². The van der Waals surface area contributed by atoms with E-state index in [0.29, 0.717) is 39.3 Å². The first-order valence-corrected chi connectivity index (χ1v) is 14.0. The lowest BCUT2D eigenvalue weighted by molar-refractivity contribution is 0.0585. The molecule has 3 N–H and O–H groups in total. The van der Waals surface area contributed by atoms with Crippen molar-refractivity contribution in [1.29, 1.82) is 0 Å². The maximum absolute atomic E-state index is 14.5. The zero-order chi connectivity index (χ0) is 32.5. The van der Waals surface area contributed by atoms with Crippen molar-refractivity contribution in [1.82, 2.24) is 24.5 Å². The highest BCUT2D eigenvalue weighted by molar-refractivity contribution is 5.93. The smallest absolute Gasteiger partial charge is 0.356 e. The van der Waals surface area contributed by atoms with Gasteiger partial charge in [0.05, 0.1) is 56.9 Å². The molecule has 0 bridgehead atoms. The van der Waals surface area contributed by atoms with Gasteiger partial charge in [-0.25, -0.2) is 19.0 Å². The van der Waals surface area contributed by atoms with Gasteiger partial charge in [0, 0.05) is 17.1 Å². The first-order valence-electron chi connectivity index (χ1n) is 14.0. The highest BCUT2D eigenvalue weighted by Crippen LogP contribution is 2.37. The molecule has 0 atom stereocenters. The Bertz CT molecular complexity index is 2060. The molecule has 0 saturated carbocycles. The van der Waals surface area contributed by atoms with Crippen LogP contribution in [0.25, 0.3) is 22.3 Å². The van der Waals surface area contributed by atoms with Crippen LogP contribution < -0.4 is 20.6 Å². The topological polar surface area (TPSA) is 162 Å². The molecule has 0 radical (unpaired) electrons. The standard InChI is InChI=1S/C33H29N5O8/c1-43-20-13-9-18(10-14-20)37-30(39)26(28(35-37)32(41)45-3)25(23-17-34-24-8-6-5-7-22(23)24)27-29(33(42)46-4)36-38(31(27)40)19-11-15-21(44-2)16-12-19/h5-17,25,34-36H,1-4H3. The van der Waals surface area contributed by atoms with Gasteiger partial charge in [0.2, 0.25) is 0 Å². The second-order valence-electron chi connectivity index (χ2n) is 10.2. The number of esters is 2. The van der Waals surface area contributed by atoms with Crippen LogP contribution in [0, 0.1) is 0 Å². The molecule has 0 spiro atoms. The Kier molecular flexibility index (Phi) is 7.80. The quantitative estimate of drug-likeness (QED) is 0.204. The summed E-state index contributed by atoms with van der Waals surface area (Å²) < 4.78 is 23.0. The van der Waals surface area contributed by atoms with E-state index in [1.165, 1.54) is 37.8 Å². The number of carbonyl (C=O) groups excluding carboxylic acids is 2. The van der Waals surface area contributed by atoms with Gasteiger partial charge < -0.3 is 23.9 Å². The third-order valence-electron chi connectivity index (χ3n) is 7.80. The van der Waals surface area contributed by atoms with Crippen molar-refractivity contribution in [3.8, 4) is 22.9 Å². The van der Waals surface area contributed by atoms with Crippen LogP contribution in [-0.2, 0) is 9.47 Å². The van der Waals surface area contributed by atoms with Crippen molar-refractivity contribution in [2.45, 2.75) is 5.92 Å². The summed E-state index contributed by atoms with van der Waals surface area (Å²) in [5.74, 6) is -1.85. The predicted molar refractivity (Wildman–Crippen MR) is 168 cm³/mol. The maximum Gasteiger partial charge on any atom is 0.356 e. The van der Waals surface area contributed by atoms with E-state index in [1.807, 2.05) is 18.2 Å². The number of carbonyl (C=O) groups is 2. The minimum atomic E-state index is -1.26. The summed E-state index contributed by atoms with van der Waals surface area (Å²) in [6, 6.07) is 20.5. The van der Waals surface area contributed by atoms with Gasteiger partial charge in [-0.15, -0.1) is 0 Å². The molecule has 0 fully saturated rings. The molecule has 13 heteroatoms. The molecular weight excluding hydrogens is 594 g/mol. The van der Waals surface area contributed by atoms with Gasteiger partial charge in [0.15, 0.2) is 11.4 Å². The average molecular weight is 624 g/mol. The molecule has 0 unspecified atom stereocenters. The fourth-order valence-electron chi connectivity index (χ4n) is 5.57. The number of nitrogens with zero attached hydrogens (tertiary/aromatic N) is 2. The molecule has 0 aliphatic carbocycles. The fourth-order valence-corrected chi connectivity index (χ4v) is 5.57. The van der Waals surface area contributed by atoms with E-state index < -0.39 is 29.0 Å². The third-order valence-corrected chi connectivity index (χ3v) is 7.80. The molecule has 0 aliphatic heterocycles. The molecule has 3 aromatic heterocycles. The minimum absolute atomic E-state index is 0.115. The van der Waals surface area contributed by atoms with Crippen molar-refractivity contribution < 1.29 is 28.5 Å². The lowest BCUT2D eigenvalue weighted by Crippen LogP contribution is -2.26. The first kappa shape index (κ1) is 29.8. The Morgan fingerprint density at radius 1 is 0.652 bits per heavy atom. The summed E-state index contributed by atoms with van der Waals surface area (Å²) in [6.07, 6.45) is 1.64. The maximum atomic E-state index is 14.5. The number of rotatable bonds is 9.